The van der Waals surface area contributed by atoms with Gasteiger partial charge in [0.15, 0.2) is 0 Å². The lowest BCUT2D eigenvalue weighted by atomic mass is 9.55. The van der Waals surface area contributed by atoms with Crippen molar-refractivity contribution in [3.05, 3.63) is 71.3 Å². The Bertz CT molecular complexity index is 698. The largest absolute Gasteiger partial charge is 0.295 e. The highest BCUT2D eigenvalue weighted by Gasteiger charge is 2.50. The van der Waals surface area contributed by atoms with E-state index in [4.69, 9.17) is 0 Å². The van der Waals surface area contributed by atoms with E-state index < -0.39 is 0 Å². The van der Waals surface area contributed by atoms with Gasteiger partial charge in [-0.3, -0.25) is 4.90 Å². The Morgan fingerprint density at radius 1 is 1.00 bits per heavy atom. The molecule has 134 valence electrons. The van der Waals surface area contributed by atoms with E-state index in [-0.39, 0.29) is 12.4 Å². The molecule has 0 radical (unpaired) electrons. The predicted octanol–water partition coefficient (Wildman–Crippen LogP) is 5.61. The molecule has 4 rings (SSSR count). The molecule has 2 aromatic carbocycles. The van der Waals surface area contributed by atoms with Crippen LogP contribution in [0.3, 0.4) is 0 Å². The summed E-state index contributed by atoms with van der Waals surface area (Å²) in [6.07, 6.45) is 5.10. The summed E-state index contributed by atoms with van der Waals surface area (Å²) in [5, 5.41) is 0. The van der Waals surface area contributed by atoms with Gasteiger partial charge < -0.3 is 0 Å². The summed E-state index contributed by atoms with van der Waals surface area (Å²) in [6.45, 7) is 7.15. The monoisotopic (exact) mass is 355 g/mol. The third kappa shape index (κ3) is 3.02. The zero-order valence-electron chi connectivity index (χ0n) is 15.4. The molecule has 0 saturated carbocycles. The molecule has 0 spiro atoms. The number of halogens is 1. The van der Waals surface area contributed by atoms with E-state index in [0.717, 1.165) is 12.5 Å². The van der Waals surface area contributed by atoms with Crippen LogP contribution in [0.5, 0.6) is 0 Å². The van der Waals surface area contributed by atoms with Crippen LogP contribution in [0.25, 0.3) is 0 Å². The van der Waals surface area contributed by atoms with Crippen LogP contribution in [0.4, 0.5) is 0 Å². The van der Waals surface area contributed by atoms with Crippen molar-refractivity contribution in [3.8, 4) is 0 Å². The van der Waals surface area contributed by atoms with E-state index in [9.17, 15) is 0 Å². The van der Waals surface area contributed by atoms with Crippen molar-refractivity contribution < 1.29 is 0 Å². The third-order valence-corrected chi connectivity index (χ3v) is 6.77. The highest BCUT2D eigenvalue weighted by molar-refractivity contribution is 5.85. The normalized spacial score (nSPS) is 28.1. The Kier molecular flexibility index (Phi) is 5.55. The van der Waals surface area contributed by atoms with Crippen molar-refractivity contribution in [1.29, 1.82) is 0 Å². The molecule has 2 bridgehead atoms. The molecule has 0 amide bonds. The number of rotatable bonds is 4. The van der Waals surface area contributed by atoms with Crippen LogP contribution in [-0.2, 0) is 18.4 Å². The van der Waals surface area contributed by atoms with Gasteiger partial charge in [-0.15, -0.1) is 12.4 Å². The van der Waals surface area contributed by atoms with E-state index in [1.54, 1.807) is 11.1 Å². The maximum Gasteiger partial charge on any atom is 0.0236 e. The molecule has 1 heterocycles. The minimum absolute atomic E-state index is 0. The SMILES string of the molecule is CC[C@@H]1[C@H]2Cc3ccccc3[C@]1(CC)CCN2Cc1ccccc1.Cl. The fourth-order valence-corrected chi connectivity index (χ4v) is 5.64. The van der Waals surface area contributed by atoms with Crippen LogP contribution in [-0.4, -0.2) is 17.5 Å². The Labute approximate surface area is 158 Å². The number of fused-ring (bicyclic) bond motifs is 4. The molecular formula is C23H30ClN. The van der Waals surface area contributed by atoms with Gasteiger partial charge >= 0.3 is 0 Å². The second-order valence-corrected chi connectivity index (χ2v) is 7.66. The summed E-state index contributed by atoms with van der Waals surface area (Å²) in [7, 11) is 0. The highest BCUT2D eigenvalue weighted by atomic mass is 35.5. The van der Waals surface area contributed by atoms with Crippen molar-refractivity contribution in [1.82, 2.24) is 4.90 Å². The number of nitrogens with zero attached hydrogens (tertiary/aromatic N) is 1. The van der Waals surface area contributed by atoms with Crippen molar-refractivity contribution in [2.75, 3.05) is 6.54 Å². The zero-order chi connectivity index (χ0) is 16.6. The van der Waals surface area contributed by atoms with E-state index in [1.165, 1.54) is 37.8 Å². The second-order valence-electron chi connectivity index (χ2n) is 7.66. The van der Waals surface area contributed by atoms with Crippen LogP contribution in [0.15, 0.2) is 54.6 Å². The van der Waals surface area contributed by atoms with Crippen LogP contribution in [0, 0.1) is 5.92 Å². The molecule has 0 N–H and O–H groups in total. The second kappa shape index (κ2) is 7.51. The predicted molar refractivity (Wildman–Crippen MR) is 108 cm³/mol. The van der Waals surface area contributed by atoms with Crippen LogP contribution in [0.1, 0.15) is 49.8 Å². The number of hydrogen-bond donors (Lipinski definition) is 0. The Morgan fingerprint density at radius 3 is 2.44 bits per heavy atom. The first-order valence-corrected chi connectivity index (χ1v) is 9.65. The van der Waals surface area contributed by atoms with Crippen molar-refractivity contribution in [3.63, 3.8) is 0 Å². The molecule has 2 aromatic rings. The molecule has 2 heteroatoms. The smallest absolute Gasteiger partial charge is 0.0236 e. The lowest BCUT2D eigenvalue weighted by molar-refractivity contribution is 0.00431. The van der Waals surface area contributed by atoms with E-state index in [2.05, 4.69) is 73.3 Å². The van der Waals surface area contributed by atoms with Crippen LogP contribution in [0.2, 0.25) is 0 Å². The maximum atomic E-state index is 2.77. The lowest BCUT2D eigenvalue weighted by Crippen LogP contribution is -2.59. The number of likely N-dealkylation sites (tertiary alicyclic amines) is 1. The molecule has 3 atom stereocenters. The standard InChI is InChI=1S/C23H29N.ClH/c1-3-20-22-16-19-12-8-9-13-21(19)23(20,4-2)14-15-24(22)17-18-10-6-5-7-11-18;/h5-13,20,22H,3-4,14-17H2,1-2H3;1H/t20-,22-,23-;/m1./s1. The van der Waals surface area contributed by atoms with Gasteiger partial charge in [0.05, 0.1) is 0 Å². The molecule has 2 aliphatic rings. The van der Waals surface area contributed by atoms with Gasteiger partial charge in [-0.2, -0.15) is 0 Å². The lowest BCUT2D eigenvalue weighted by Gasteiger charge is -2.57. The molecule has 1 nitrogen and oxygen atoms in total. The fourth-order valence-electron chi connectivity index (χ4n) is 5.64. The molecule has 1 saturated heterocycles. The molecule has 1 aliphatic carbocycles. The van der Waals surface area contributed by atoms with Gasteiger partial charge in [0.1, 0.15) is 0 Å². The molecule has 25 heavy (non-hydrogen) atoms. The van der Waals surface area contributed by atoms with Gasteiger partial charge in [0.2, 0.25) is 0 Å². The topological polar surface area (TPSA) is 3.24 Å². The van der Waals surface area contributed by atoms with Gasteiger partial charge in [-0.1, -0.05) is 74.9 Å². The van der Waals surface area contributed by atoms with Gasteiger partial charge in [0.25, 0.3) is 0 Å². The number of benzene rings is 2. The number of piperidine rings is 1. The Morgan fingerprint density at radius 2 is 1.72 bits per heavy atom. The maximum absolute atomic E-state index is 2.77. The first-order valence-electron chi connectivity index (χ1n) is 9.65. The highest BCUT2D eigenvalue weighted by Crippen LogP contribution is 2.52. The third-order valence-electron chi connectivity index (χ3n) is 6.77. The van der Waals surface area contributed by atoms with Crippen LogP contribution < -0.4 is 0 Å². The first-order chi connectivity index (χ1) is 11.8. The summed E-state index contributed by atoms with van der Waals surface area (Å²) in [6, 6.07) is 21.0. The summed E-state index contributed by atoms with van der Waals surface area (Å²) in [4.78, 5) is 2.77. The Hall–Kier alpha value is -1.31. The first kappa shape index (κ1) is 18.5. The molecular weight excluding hydrogens is 326 g/mol. The number of hydrogen-bond acceptors (Lipinski definition) is 1. The molecule has 1 aliphatic heterocycles. The minimum Gasteiger partial charge on any atom is -0.295 e. The summed E-state index contributed by atoms with van der Waals surface area (Å²) >= 11 is 0. The molecule has 0 aromatic heterocycles. The van der Waals surface area contributed by atoms with Crippen molar-refractivity contribution in [2.24, 2.45) is 5.92 Å². The fraction of sp³-hybridized carbons (Fsp3) is 0.478. The van der Waals surface area contributed by atoms with Crippen molar-refractivity contribution >= 4 is 12.4 Å². The average molecular weight is 356 g/mol. The molecule has 1 fully saturated rings. The van der Waals surface area contributed by atoms with Gasteiger partial charge in [0, 0.05) is 18.0 Å². The van der Waals surface area contributed by atoms with E-state index in [0.29, 0.717) is 11.5 Å². The van der Waals surface area contributed by atoms with Gasteiger partial charge in [-0.25, -0.2) is 0 Å². The van der Waals surface area contributed by atoms with Crippen molar-refractivity contribution in [2.45, 2.75) is 57.5 Å². The summed E-state index contributed by atoms with van der Waals surface area (Å²) in [5.41, 5.74) is 5.12. The van der Waals surface area contributed by atoms with E-state index >= 15 is 0 Å². The van der Waals surface area contributed by atoms with Crippen LogP contribution >= 0.6 is 12.4 Å². The summed E-state index contributed by atoms with van der Waals surface area (Å²) < 4.78 is 0. The summed E-state index contributed by atoms with van der Waals surface area (Å²) in [5.74, 6) is 0.787. The Balaban J connectivity index is 0.00000182. The van der Waals surface area contributed by atoms with E-state index in [1.807, 2.05) is 0 Å². The zero-order valence-corrected chi connectivity index (χ0v) is 16.3. The average Bonchev–Trinajstić information content (AvgIpc) is 2.64. The minimum atomic E-state index is 0. The molecule has 0 unspecified atom stereocenters. The quantitative estimate of drug-likeness (QED) is 0.688. The van der Waals surface area contributed by atoms with Gasteiger partial charge in [-0.05, 0) is 48.4 Å².